The van der Waals surface area contributed by atoms with Crippen molar-refractivity contribution in [2.24, 2.45) is 10.3 Å². The lowest BCUT2D eigenvalue weighted by Gasteiger charge is -2.23. The molecule has 38 heavy (non-hydrogen) atoms. The minimum atomic E-state index is -4.50. The molecular formula is C25H17Cl2F3N4O4. The van der Waals surface area contributed by atoms with Crippen LogP contribution in [-0.2, 0) is 11.0 Å². The lowest BCUT2D eigenvalue weighted by Crippen LogP contribution is -2.25. The molecule has 0 bridgehead atoms. The molecule has 8 nitrogen and oxygen atoms in total. The zero-order valence-electron chi connectivity index (χ0n) is 19.4. The number of hydrazone groups is 1. The first-order valence-electron chi connectivity index (χ1n) is 10.9. The predicted octanol–water partition coefficient (Wildman–Crippen LogP) is 7.26. The number of nitrogens with zero attached hydrogens (tertiary/aromatic N) is 4. The number of carbonyl (C=O) groups is 1. The average molecular weight is 565 g/mol. The van der Waals surface area contributed by atoms with Crippen molar-refractivity contribution in [2.45, 2.75) is 25.6 Å². The molecule has 0 aliphatic carbocycles. The number of hydrogen-bond acceptors (Lipinski definition) is 6. The molecule has 13 heteroatoms. The molecule has 0 saturated carbocycles. The van der Waals surface area contributed by atoms with Gasteiger partial charge in [-0.3, -0.25) is 10.1 Å². The van der Waals surface area contributed by atoms with E-state index in [2.05, 4.69) is 10.3 Å². The summed E-state index contributed by atoms with van der Waals surface area (Å²) >= 11 is 12.3. The van der Waals surface area contributed by atoms with Crippen molar-refractivity contribution >= 4 is 46.4 Å². The second-order valence-corrected chi connectivity index (χ2v) is 8.99. The zero-order chi connectivity index (χ0) is 27.6. The lowest BCUT2D eigenvalue weighted by atomic mass is 9.97. The van der Waals surface area contributed by atoms with E-state index in [4.69, 9.17) is 28.0 Å². The smallest absolute Gasteiger partial charge is 0.311 e. The highest BCUT2D eigenvalue weighted by Gasteiger charge is 2.34. The van der Waals surface area contributed by atoms with Crippen LogP contribution in [0, 0.1) is 10.1 Å². The van der Waals surface area contributed by atoms with Gasteiger partial charge in [-0.1, -0.05) is 58.7 Å². The number of amidine groups is 1. The van der Waals surface area contributed by atoms with E-state index in [1.54, 1.807) is 12.1 Å². The number of nitro groups is 1. The predicted molar refractivity (Wildman–Crippen MR) is 135 cm³/mol. The molecule has 1 heterocycles. The highest BCUT2D eigenvalue weighted by molar-refractivity contribution is 6.37. The van der Waals surface area contributed by atoms with Crippen LogP contribution in [0.4, 0.5) is 18.9 Å². The summed E-state index contributed by atoms with van der Waals surface area (Å²) in [5, 5.41) is 21.7. The van der Waals surface area contributed by atoms with E-state index in [0.717, 1.165) is 18.2 Å². The molecular weight excluding hydrogens is 548 g/mol. The van der Waals surface area contributed by atoms with Crippen molar-refractivity contribution in [3.05, 3.63) is 109 Å². The van der Waals surface area contributed by atoms with Crippen LogP contribution in [0.5, 0.6) is 0 Å². The van der Waals surface area contributed by atoms with E-state index in [9.17, 15) is 28.1 Å². The van der Waals surface area contributed by atoms with Crippen molar-refractivity contribution in [2.75, 3.05) is 0 Å². The summed E-state index contributed by atoms with van der Waals surface area (Å²) < 4.78 is 39.3. The standard InChI is InChI=1S/C25H17Cl2F3N4O4/c1-14(32-38-24(35)19-4-2-3-5-22(19)34(36)37)33-23(15-6-8-16(9-7-15)25(28,29)30)13-21(31-33)18-11-10-17(26)12-20(18)27/h2-12,23H,13H2,1H3/b32-14-. The number of alkyl halides is 3. The summed E-state index contributed by atoms with van der Waals surface area (Å²) in [7, 11) is 0. The second kappa shape index (κ2) is 10.8. The van der Waals surface area contributed by atoms with Gasteiger partial charge in [0.1, 0.15) is 5.56 Å². The fraction of sp³-hybridized carbons (Fsp3) is 0.160. The molecule has 1 aliphatic heterocycles. The summed E-state index contributed by atoms with van der Waals surface area (Å²) in [5.74, 6) is -0.992. The van der Waals surface area contributed by atoms with Gasteiger partial charge in [0.05, 0.1) is 27.3 Å². The maximum atomic E-state index is 13.1. The fourth-order valence-electron chi connectivity index (χ4n) is 3.85. The Hall–Kier alpha value is -3.96. The van der Waals surface area contributed by atoms with Crippen molar-refractivity contribution < 1.29 is 27.7 Å². The van der Waals surface area contributed by atoms with Gasteiger partial charge < -0.3 is 4.84 Å². The summed E-state index contributed by atoms with van der Waals surface area (Å²) in [4.78, 5) is 28.0. The largest absolute Gasteiger partial charge is 0.416 e. The number of nitro benzene ring substituents is 1. The lowest BCUT2D eigenvalue weighted by molar-refractivity contribution is -0.385. The zero-order valence-corrected chi connectivity index (χ0v) is 21.0. The third-order valence-corrected chi connectivity index (χ3v) is 6.24. The highest BCUT2D eigenvalue weighted by Crippen LogP contribution is 2.37. The second-order valence-electron chi connectivity index (χ2n) is 8.15. The minimum absolute atomic E-state index is 0.0712. The van der Waals surface area contributed by atoms with Crippen LogP contribution in [0.25, 0.3) is 0 Å². The molecule has 1 aliphatic rings. The molecule has 0 aromatic heterocycles. The highest BCUT2D eigenvalue weighted by atomic mass is 35.5. The first-order chi connectivity index (χ1) is 18.0. The van der Waals surface area contributed by atoms with Gasteiger partial charge in [0.15, 0.2) is 5.84 Å². The van der Waals surface area contributed by atoms with Crippen LogP contribution < -0.4 is 0 Å². The summed E-state index contributed by atoms with van der Waals surface area (Å²) in [6.07, 6.45) is -4.27. The Morgan fingerprint density at radius 2 is 1.82 bits per heavy atom. The maximum absolute atomic E-state index is 13.1. The summed E-state index contributed by atoms with van der Waals surface area (Å²) in [5.41, 5.74) is -0.0204. The van der Waals surface area contributed by atoms with Crippen molar-refractivity contribution in [1.82, 2.24) is 5.01 Å². The molecule has 0 N–H and O–H groups in total. The van der Waals surface area contributed by atoms with Crippen LogP contribution in [0.3, 0.4) is 0 Å². The summed E-state index contributed by atoms with van der Waals surface area (Å²) in [6.45, 7) is 1.47. The van der Waals surface area contributed by atoms with Gasteiger partial charge in [-0.25, -0.2) is 9.80 Å². The minimum Gasteiger partial charge on any atom is -0.311 e. The number of oxime groups is 1. The number of carbonyl (C=O) groups excluding carboxylic acids is 1. The number of benzene rings is 3. The van der Waals surface area contributed by atoms with Crippen LogP contribution in [0.15, 0.2) is 77.0 Å². The quantitative estimate of drug-likeness (QED) is 0.107. The van der Waals surface area contributed by atoms with Crippen molar-refractivity contribution in [3.8, 4) is 0 Å². The molecule has 3 aromatic rings. The summed E-state index contributed by atoms with van der Waals surface area (Å²) in [6, 6.07) is 14.0. The molecule has 1 atom stereocenters. The molecule has 0 spiro atoms. The Morgan fingerprint density at radius 1 is 1.13 bits per heavy atom. The van der Waals surface area contributed by atoms with Crippen LogP contribution in [-0.4, -0.2) is 27.4 Å². The average Bonchev–Trinajstić information content (AvgIpc) is 3.32. The van der Waals surface area contributed by atoms with Gasteiger partial charge in [0.2, 0.25) is 0 Å². The molecule has 1 unspecified atom stereocenters. The van der Waals surface area contributed by atoms with Crippen LogP contribution in [0.1, 0.15) is 46.4 Å². The molecule has 4 rings (SSSR count). The Balaban J connectivity index is 1.67. The Labute approximate surface area is 224 Å². The van der Waals surface area contributed by atoms with Crippen molar-refractivity contribution in [3.63, 3.8) is 0 Å². The normalized spacial score (nSPS) is 15.8. The van der Waals surface area contributed by atoms with Gasteiger partial charge in [-0.15, -0.1) is 0 Å². The maximum Gasteiger partial charge on any atom is 0.416 e. The number of para-hydroxylation sites is 1. The van der Waals surface area contributed by atoms with Crippen LogP contribution in [0.2, 0.25) is 10.0 Å². The van der Waals surface area contributed by atoms with E-state index in [1.165, 1.54) is 48.3 Å². The molecule has 3 aromatic carbocycles. The fourth-order valence-corrected chi connectivity index (χ4v) is 4.37. The Bertz CT molecular complexity index is 1460. The third kappa shape index (κ3) is 5.79. The van der Waals surface area contributed by atoms with Gasteiger partial charge in [-0.05, 0) is 42.8 Å². The molecule has 0 saturated heterocycles. The molecule has 196 valence electrons. The van der Waals surface area contributed by atoms with Crippen LogP contribution >= 0.6 is 23.2 Å². The first-order valence-corrected chi connectivity index (χ1v) is 11.7. The molecule has 0 amide bonds. The van der Waals surface area contributed by atoms with E-state index in [-0.39, 0.29) is 17.8 Å². The number of rotatable bonds is 5. The molecule has 0 radical (unpaired) electrons. The Kier molecular flexibility index (Phi) is 7.70. The van der Waals surface area contributed by atoms with Gasteiger partial charge >= 0.3 is 12.1 Å². The van der Waals surface area contributed by atoms with E-state index in [0.29, 0.717) is 26.9 Å². The van der Waals surface area contributed by atoms with Gasteiger partial charge in [0, 0.05) is 23.1 Å². The topological polar surface area (TPSA) is 97.4 Å². The third-order valence-electron chi connectivity index (χ3n) is 5.69. The Morgan fingerprint density at radius 3 is 2.45 bits per heavy atom. The van der Waals surface area contributed by atoms with Gasteiger partial charge in [0.25, 0.3) is 5.69 Å². The van der Waals surface area contributed by atoms with Crippen molar-refractivity contribution in [1.29, 1.82) is 0 Å². The monoisotopic (exact) mass is 564 g/mol. The van der Waals surface area contributed by atoms with E-state index < -0.39 is 34.4 Å². The van der Waals surface area contributed by atoms with E-state index >= 15 is 0 Å². The number of hydrogen-bond donors (Lipinski definition) is 0. The molecule has 0 fully saturated rings. The van der Waals surface area contributed by atoms with Gasteiger partial charge in [-0.2, -0.15) is 18.3 Å². The number of halogens is 5. The SMILES string of the molecule is C/C(=N/OC(=O)c1ccccc1[N+](=O)[O-])N1N=C(c2ccc(Cl)cc2Cl)CC1c1ccc(C(F)(F)F)cc1. The first kappa shape index (κ1) is 27.1. The van der Waals surface area contributed by atoms with E-state index in [1.807, 2.05) is 0 Å².